The van der Waals surface area contributed by atoms with Crippen LogP contribution in [-0.4, -0.2) is 0 Å². The Morgan fingerprint density at radius 1 is 0.647 bits per heavy atom. The van der Waals surface area contributed by atoms with Crippen LogP contribution in [-0.2, 0) is 0 Å². The van der Waals surface area contributed by atoms with Crippen molar-refractivity contribution in [3.05, 3.63) is 31.2 Å². The third-order valence-corrected chi connectivity index (χ3v) is 2.93. The summed E-state index contributed by atoms with van der Waals surface area (Å²) in [6.07, 6.45) is 23.4. The summed E-state index contributed by atoms with van der Waals surface area (Å²) in [5.41, 5.74) is 0. The molecule has 0 aliphatic rings. The molecule has 1 radical (unpaired) electrons. The first-order valence-electron chi connectivity index (χ1n) is 7.51. The minimum absolute atomic E-state index is 1.08. The van der Waals surface area contributed by atoms with Crippen LogP contribution in [0.5, 0.6) is 0 Å². The predicted molar refractivity (Wildman–Crippen MR) is 80.1 cm³/mol. The molecule has 0 saturated carbocycles. The summed E-state index contributed by atoms with van der Waals surface area (Å²) in [5, 5.41) is 0. The Hall–Kier alpha value is -0.520. The highest BCUT2D eigenvalue weighted by Crippen LogP contribution is 2.04. The monoisotopic (exact) mass is 235 g/mol. The molecule has 0 fully saturated rings. The molecule has 0 saturated heterocycles. The molecule has 0 N–H and O–H groups in total. The predicted octanol–water partition coefficient (Wildman–Crippen LogP) is 6.24. The van der Waals surface area contributed by atoms with Gasteiger partial charge >= 0.3 is 0 Å². The first kappa shape index (κ1) is 16.5. The van der Waals surface area contributed by atoms with Gasteiger partial charge in [0.05, 0.1) is 0 Å². The largest absolute Gasteiger partial charge is 0.0885 e. The van der Waals surface area contributed by atoms with Crippen LogP contribution >= 0.6 is 0 Å². The molecule has 0 aromatic carbocycles. The minimum Gasteiger partial charge on any atom is -0.0885 e. The van der Waals surface area contributed by atoms with E-state index in [1.54, 1.807) is 0 Å². The van der Waals surface area contributed by atoms with Gasteiger partial charge in [0.2, 0.25) is 0 Å². The van der Waals surface area contributed by atoms with E-state index in [4.69, 9.17) is 0 Å². The Labute approximate surface area is 109 Å². The highest BCUT2D eigenvalue weighted by molar-refractivity contribution is 4.88. The zero-order valence-corrected chi connectivity index (χ0v) is 11.8. The number of allylic oxidation sites excluding steroid dienone is 4. The number of hydrogen-bond acceptors (Lipinski definition) is 0. The lowest BCUT2D eigenvalue weighted by Crippen LogP contribution is -1.74. The summed E-state index contributed by atoms with van der Waals surface area (Å²) in [6.45, 7) is 6.11. The second kappa shape index (κ2) is 15.5. The molecule has 0 aliphatic carbocycles. The topological polar surface area (TPSA) is 0 Å². The Bertz CT molecular complexity index is 176. The van der Waals surface area contributed by atoms with Crippen molar-refractivity contribution >= 4 is 0 Å². The molecule has 0 aliphatic heterocycles. The summed E-state index contributed by atoms with van der Waals surface area (Å²) in [6, 6.07) is 0. The Morgan fingerprint density at radius 2 is 1.18 bits per heavy atom. The van der Waals surface area contributed by atoms with Gasteiger partial charge in [-0.3, -0.25) is 0 Å². The van der Waals surface area contributed by atoms with Gasteiger partial charge in [-0.1, -0.05) is 70.3 Å². The van der Waals surface area contributed by atoms with E-state index < -0.39 is 0 Å². The van der Waals surface area contributed by atoms with Crippen molar-refractivity contribution in [3.63, 3.8) is 0 Å². The lowest BCUT2D eigenvalue weighted by Gasteiger charge is -1.94. The minimum atomic E-state index is 1.08. The molecule has 99 valence electrons. The number of unbranched alkanes of at least 4 members (excludes halogenated alkanes) is 8. The van der Waals surface area contributed by atoms with Crippen molar-refractivity contribution in [3.8, 4) is 0 Å². The quantitative estimate of drug-likeness (QED) is 0.277. The lowest BCUT2D eigenvalue weighted by molar-refractivity contribution is 0.674. The third-order valence-electron chi connectivity index (χ3n) is 2.93. The molecule has 0 aromatic heterocycles. The fourth-order valence-corrected chi connectivity index (χ4v) is 1.79. The smallest absolute Gasteiger partial charge is 0.0316 e. The van der Waals surface area contributed by atoms with Gasteiger partial charge in [-0.15, -0.1) is 0 Å². The molecular formula is C17H31. The molecule has 0 spiro atoms. The van der Waals surface area contributed by atoms with Gasteiger partial charge in [-0.25, -0.2) is 0 Å². The molecule has 0 bridgehead atoms. The first-order chi connectivity index (χ1) is 8.41. The fourth-order valence-electron chi connectivity index (χ4n) is 1.79. The van der Waals surface area contributed by atoms with Gasteiger partial charge in [-0.05, 0) is 38.5 Å². The maximum atomic E-state index is 3.85. The van der Waals surface area contributed by atoms with Crippen LogP contribution in [0.2, 0.25) is 0 Å². The van der Waals surface area contributed by atoms with Crippen LogP contribution in [0.15, 0.2) is 24.3 Å². The molecule has 0 unspecified atom stereocenters. The van der Waals surface area contributed by atoms with E-state index in [1.165, 1.54) is 64.2 Å². The van der Waals surface area contributed by atoms with Crippen molar-refractivity contribution in [2.75, 3.05) is 0 Å². The average Bonchev–Trinajstić information content (AvgIpc) is 2.35. The van der Waals surface area contributed by atoms with Gasteiger partial charge in [0, 0.05) is 0 Å². The Morgan fingerprint density at radius 3 is 1.71 bits per heavy atom. The van der Waals surface area contributed by atoms with Crippen molar-refractivity contribution in [1.82, 2.24) is 0 Å². The summed E-state index contributed by atoms with van der Waals surface area (Å²) >= 11 is 0. The normalized spacial score (nSPS) is 11.9. The molecule has 0 heteroatoms. The summed E-state index contributed by atoms with van der Waals surface area (Å²) in [4.78, 5) is 0. The van der Waals surface area contributed by atoms with E-state index in [1.807, 2.05) is 0 Å². The highest BCUT2D eigenvalue weighted by Gasteiger charge is 1.84. The Kier molecular flexibility index (Phi) is 15.0. The zero-order valence-electron chi connectivity index (χ0n) is 11.8. The maximum absolute atomic E-state index is 3.85. The van der Waals surface area contributed by atoms with Crippen molar-refractivity contribution in [2.24, 2.45) is 0 Å². The molecule has 0 amide bonds. The fraction of sp³-hybridized carbons (Fsp3) is 0.706. The number of rotatable bonds is 12. The standard InChI is InChI=1S/C17H31/c1-3-5-7-9-11-13-15-17-16-14-12-10-8-6-4-2/h11,13-14,16H,1,3-10,12,15,17H2,2H3/b13-11+,16-14+. The van der Waals surface area contributed by atoms with Gasteiger partial charge in [0.25, 0.3) is 0 Å². The van der Waals surface area contributed by atoms with E-state index >= 15 is 0 Å². The average molecular weight is 235 g/mol. The highest BCUT2D eigenvalue weighted by atomic mass is 13.9. The SMILES string of the molecule is [CH2]CCCC/C=C/CC/C=C/CCCCCC. The van der Waals surface area contributed by atoms with Crippen LogP contribution < -0.4 is 0 Å². The van der Waals surface area contributed by atoms with Gasteiger partial charge < -0.3 is 0 Å². The van der Waals surface area contributed by atoms with Crippen molar-refractivity contribution < 1.29 is 0 Å². The summed E-state index contributed by atoms with van der Waals surface area (Å²) < 4.78 is 0. The van der Waals surface area contributed by atoms with Crippen molar-refractivity contribution in [1.29, 1.82) is 0 Å². The van der Waals surface area contributed by atoms with Crippen LogP contribution in [0.1, 0.15) is 77.6 Å². The van der Waals surface area contributed by atoms with E-state index in [2.05, 4.69) is 38.2 Å². The molecule has 0 nitrogen and oxygen atoms in total. The number of hydrogen-bond donors (Lipinski definition) is 0. The second-order valence-electron chi connectivity index (χ2n) is 4.72. The second-order valence-corrected chi connectivity index (χ2v) is 4.72. The Balaban J connectivity index is 3.13. The van der Waals surface area contributed by atoms with Gasteiger partial charge in [0.15, 0.2) is 0 Å². The zero-order chi connectivity index (χ0) is 12.6. The summed E-state index contributed by atoms with van der Waals surface area (Å²) in [7, 11) is 0. The van der Waals surface area contributed by atoms with Crippen molar-refractivity contribution in [2.45, 2.75) is 77.6 Å². The lowest BCUT2D eigenvalue weighted by atomic mass is 10.1. The van der Waals surface area contributed by atoms with E-state index in [-0.39, 0.29) is 0 Å². The van der Waals surface area contributed by atoms with Crippen LogP contribution in [0.25, 0.3) is 0 Å². The molecular weight excluding hydrogens is 204 g/mol. The maximum Gasteiger partial charge on any atom is -0.0316 e. The molecule has 0 heterocycles. The van der Waals surface area contributed by atoms with E-state index in [9.17, 15) is 0 Å². The van der Waals surface area contributed by atoms with Gasteiger partial charge in [-0.2, -0.15) is 0 Å². The first-order valence-corrected chi connectivity index (χ1v) is 7.51. The molecule has 0 aromatic rings. The van der Waals surface area contributed by atoms with E-state index in [0.717, 1.165) is 6.42 Å². The summed E-state index contributed by atoms with van der Waals surface area (Å²) in [5.74, 6) is 0. The van der Waals surface area contributed by atoms with E-state index in [0.29, 0.717) is 0 Å². The molecule has 0 atom stereocenters. The molecule has 0 rings (SSSR count). The molecule has 17 heavy (non-hydrogen) atoms. The van der Waals surface area contributed by atoms with Crippen LogP contribution in [0.3, 0.4) is 0 Å². The van der Waals surface area contributed by atoms with Gasteiger partial charge in [0.1, 0.15) is 0 Å². The van der Waals surface area contributed by atoms with Crippen LogP contribution in [0, 0.1) is 6.92 Å². The van der Waals surface area contributed by atoms with Crippen LogP contribution in [0.4, 0.5) is 0 Å². The third kappa shape index (κ3) is 15.5.